The summed E-state index contributed by atoms with van der Waals surface area (Å²) in [4.78, 5) is 14.8. The van der Waals surface area contributed by atoms with E-state index in [4.69, 9.17) is 0 Å². The number of nitrogens with zero attached hydrogens (tertiary/aromatic N) is 2. The molecule has 28 heavy (non-hydrogen) atoms. The summed E-state index contributed by atoms with van der Waals surface area (Å²) >= 11 is 0. The van der Waals surface area contributed by atoms with E-state index in [-0.39, 0.29) is 17.5 Å². The third-order valence-electron chi connectivity index (χ3n) is 4.94. The Morgan fingerprint density at radius 2 is 1.93 bits per heavy atom. The summed E-state index contributed by atoms with van der Waals surface area (Å²) in [7, 11) is 0. The van der Waals surface area contributed by atoms with Crippen molar-refractivity contribution in [3.8, 4) is 6.07 Å². The standard InChI is InChI=1S/C23H26N4O/c1-18-6-5-9-22(14-18)26-23(28)20(15-24)16-25-21-10-12-27(13-11-21)17-19-7-3-2-4-8-19/h2-9,14,16,21,25H,10-13,17H2,1H3,(H,26,28)/b20-16-. The number of hydrogen-bond donors (Lipinski definition) is 2. The molecule has 5 nitrogen and oxygen atoms in total. The van der Waals surface area contributed by atoms with Crippen molar-refractivity contribution in [3.05, 3.63) is 77.5 Å². The minimum Gasteiger partial charge on any atom is -0.387 e. The van der Waals surface area contributed by atoms with Gasteiger partial charge < -0.3 is 10.6 Å². The Hall–Kier alpha value is -3.10. The van der Waals surface area contributed by atoms with E-state index in [1.165, 1.54) is 5.56 Å². The van der Waals surface area contributed by atoms with Crippen LogP contribution in [0.3, 0.4) is 0 Å². The molecule has 2 aromatic carbocycles. The van der Waals surface area contributed by atoms with Crippen LogP contribution in [-0.4, -0.2) is 29.9 Å². The first kappa shape index (κ1) is 19.7. The van der Waals surface area contributed by atoms with Gasteiger partial charge in [0.25, 0.3) is 5.91 Å². The molecule has 1 amide bonds. The van der Waals surface area contributed by atoms with Crippen LogP contribution in [0.15, 0.2) is 66.4 Å². The van der Waals surface area contributed by atoms with E-state index in [9.17, 15) is 10.1 Å². The molecule has 0 aromatic heterocycles. The van der Waals surface area contributed by atoms with E-state index < -0.39 is 0 Å². The molecule has 1 aliphatic rings. The lowest BCUT2D eigenvalue weighted by Gasteiger charge is -2.32. The maximum absolute atomic E-state index is 12.3. The number of piperidine rings is 1. The van der Waals surface area contributed by atoms with Gasteiger partial charge in [0.15, 0.2) is 0 Å². The number of anilines is 1. The minimum atomic E-state index is -0.387. The van der Waals surface area contributed by atoms with Crippen LogP contribution in [0.4, 0.5) is 5.69 Å². The Morgan fingerprint density at radius 1 is 1.18 bits per heavy atom. The Labute approximate surface area is 166 Å². The molecule has 0 radical (unpaired) electrons. The lowest BCUT2D eigenvalue weighted by Crippen LogP contribution is -2.40. The predicted octanol–water partition coefficient (Wildman–Crippen LogP) is 3.60. The first-order chi connectivity index (χ1) is 13.6. The van der Waals surface area contributed by atoms with Gasteiger partial charge in [-0.15, -0.1) is 0 Å². The van der Waals surface area contributed by atoms with Crippen molar-refractivity contribution < 1.29 is 4.79 Å². The van der Waals surface area contributed by atoms with Gasteiger partial charge in [0.1, 0.15) is 11.6 Å². The van der Waals surface area contributed by atoms with Gasteiger partial charge in [0.05, 0.1) is 0 Å². The van der Waals surface area contributed by atoms with E-state index in [0.717, 1.165) is 38.0 Å². The second-order valence-corrected chi connectivity index (χ2v) is 7.20. The molecule has 2 aromatic rings. The first-order valence-electron chi connectivity index (χ1n) is 9.64. The Morgan fingerprint density at radius 3 is 2.61 bits per heavy atom. The fourth-order valence-corrected chi connectivity index (χ4v) is 3.37. The van der Waals surface area contributed by atoms with E-state index in [2.05, 4.69) is 39.8 Å². The van der Waals surface area contributed by atoms with E-state index >= 15 is 0 Å². The largest absolute Gasteiger partial charge is 0.387 e. The molecular weight excluding hydrogens is 348 g/mol. The summed E-state index contributed by atoms with van der Waals surface area (Å²) in [6.07, 6.45) is 3.53. The molecule has 0 spiro atoms. The Bertz CT molecular complexity index is 862. The zero-order chi connectivity index (χ0) is 19.8. The molecule has 5 heteroatoms. The highest BCUT2D eigenvalue weighted by molar-refractivity contribution is 6.06. The predicted molar refractivity (Wildman–Crippen MR) is 111 cm³/mol. The molecule has 1 fully saturated rings. The summed E-state index contributed by atoms with van der Waals surface area (Å²) in [5.74, 6) is -0.387. The van der Waals surface area contributed by atoms with Crippen molar-refractivity contribution in [2.24, 2.45) is 0 Å². The highest BCUT2D eigenvalue weighted by atomic mass is 16.1. The molecule has 0 saturated carbocycles. The summed E-state index contributed by atoms with van der Waals surface area (Å²) in [5.41, 5.74) is 3.17. The Kier molecular flexibility index (Phi) is 6.83. The van der Waals surface area contributed by atoms with Crippen molar-refractivity contribution in [2.45, 2.75) is 32.4 Å². The third-order valence-corrected chi connectivity index (χ3v) is 4.94. The highest BCUT2D eigenvalue weighted by Crippen LogP contribution is 2.15. The first-order valence-corrected chi connectivity index (χ1v) is 9.64. The normalized spacial score (nSPS) is 15.6. The zero-order valence-corrected chi connectivity index (χ0v) is 16.2. The van der Waals surface area contributed by atoms with Crippen LogP contribution < -0.4 is 10.6 Å². The quantitative estimate of drug-likeness (QED) is 0.599. The number of carbonyl (C=O) groups is 1. The average molecular weight is 374 g/mol. The fraction of sp³-hybridized carbons (Fsp3) is 0.304. The van der Waals surface area contributed by atoms with Crippen molar-refractivity contribution in [3.63, 3.8) is 0 Å². The minimum absolute atomic E-state index is 0.0909. The number of hydrogen-bond acceptors (Lipinski definition) is 4. The summed E-state index contributed by atoms with van der Waals surface area (Å²) < 4.78 is 0. The topological polar surface area (TPSA) is 68.2 Å². The number of carbonyl (C=O) groups excluding carboxylic acids is 1. The second kappa shape index (κ2) is 9.72. The molecule has 0 aliphatic carbocycles. The average Bonchev–Trinajstić information content (AvgIpc) is 2.70. The van der Waals surface area contributed by atoms with Crippen LogP contribution in [0.25, 0.3) is 0 Å². The number of amides is 1. The molecule has 1 heterocycles. The number of nitriles is 1. The van der Waals surface area contributed by atoms with Crippen molar-refractivity contribution in [1.82, 2.24) is 10.2 Å². The molecule has 144 valence electrons. The van der Waals surface area contributed by atoms with Crippen molar-refractivity contribution in [1.29, 1.82) is 5.26 Å². The third kappa shape index (κ3) is 5.70. The van der Waals surface area contributed by atoms with Gasteiger partial charge in [-0.1, -0.05) is 42.5 Å². The summed E-state index contributed by atoms with van der Waals surface area (Å²) in [6, 6.07) is 20.3. The van der Waals surface area contributed by atoms with E-state index in [0.29, 0.717) is 5.69 Å². The van der Waals surface area contributed by atoms with Gasteiger partial charge >= 0.3 is 0 Å². The van der Waals surface area contributed by atoms with Crippen molar-refractivity contribution >= 4 is 11.6 Å². The number of rotatable bonds is 6. The molecule has 0 bridgehead atoms. The van der Waals surface area contributed by atoms with Crippen LogP contribution in [0.2, 0.25) is 0 Å². The molecule has 3 rings (SSSR count). The zero-order valence-electron chi connectivity index (χ0n) is 16.2. The van der Waals surface area contributed by atoms with Gasteiger partial charge in [0, 0.05) is 37.6 Å². The lowest BCUT2D eigenvalue weighted by atomic mass is 10.0. The fourth-order valence-electron chi connectivity index (χ4n) is 3.37. The molecular formula is C23H26N4O. The highest BCUT2D eigenvalue weighted by Gasteiger charge is 2.19. The van der Waals surface area contributed by atoms with E-state index in [1.54, 1.807) is 6.20 Å². The monoisotopic (exact) mass is 374 g/mol. The van der Waals surface area contributed by atoms with Crippen LogP contribution in [-0.2, 0) is 11.3 Å². The summed E-state index contributed by atoms with van der Waals surface area (Å²) in [5, 5.41) is 15.4. The Balaban J connectivity index is 1.48. The SMILES string of the molecule is Cc1cccc(NC(=O)/C(C#N)=C\NC2CCN(Cc3ccccc3)CC2)c1. The van der Waals surface area contributed by atoms with Gasteiger partial charge in [-0.25, -0.2) is 0 Å². The number of likely N-dealkylation sites (tertiary alicyclic amines) is 1. The van der Waals surface area contributed by atoms with Gasteiger partial charge in [-0.3, -0.25) is 9.69 Å². The maximum Gasteiger partial charge on any atom is 0.267 e. The van der Waals surface area contributed by atoms with Crippen LogP contribution in [0, 0.1) is 18.3 Å². The smallest absolute Gasteiger partial charge is 0.267 e. The van der Waals surface area contributed by atoms with Gasteiger partial charge in [0.2, 0.25) is 0 Å². The number of nitrogens with one attached hydrogen (secondary N) is 2. The van der Waals surface area contributed by atoms with Crippen LogP contribution in [0.1, 0.15) is 24.0 Å². The number of benzene rings is 2. The molecule has 2 N–H and O–H groups in total. The van der Waals surface area contributed by atoms with Gasteiger partial charge in [-0.05, 0) is 43.0 Å². The lowest BCUT2D eigenvalue weighted by molar-refractivity contribution is -0.112. The number of aryl methyl sites for hydroxylation is 1. The second-order valence-electron chi connectivity index (χ2n) is 7.20. The molecule has 1 saturated heterocycles. The maximum atomic E-state index is 12.3. The van der Waals surface area contributed by atoms with Crippen LogP contribution in [0.5, 0.6) is 0 Å². The van der Waals surface area contributed by atoms with Crippen molar-refractivity contribution in [2.75, 3.05) is 18.4 Å². The molecule has 0 atom stereocenters. The van der Waals surface area contributed by atoms with E-state index in [1.807, 2.05) is 43.3 Å². The summed E-state index contributed by atoms with van der Waals surface area (Å²) in [6.45, 7) is 4.92. The van der Waals surface area contributed by atoms with Crippen LogP contribution >= 0.6 is 0 Å². The molecule has 0 unspecified atom stereocenters. The molecule has 1 aliphatic heterocycles. The van der Waals surface area contributed by atoms with Gasteiger partial charge in [-0.2, -0.15) is 5.26 Å².